The number of pyridine rings is 1. The van der Waals surface area contributed by atoms with E-state index in [2.05, 4.69) is 15.1 Å². The van der Waals surface area contributed by atoms with E-state index in [0.717, 1.165) is 5.56 Å². The number of benzene rings is 2. The van der Waals surface area contributed by atoms with E-state index in [1.165, 1.54) is 41.0 Å². The number of nitrogens with zero attached hydrogens (tertiary/aromatic N) is 5. The Morgan fingerprint density at radius 1 is 0.917 bits per heavy atom. The summed E-state index contributed by atoms with van der Waals surface area (Å²) >= 11 is 0. The van der Waals surface area contributed by atoms with Crippen molar-refractivity contribution < 1.29 is 22.4 Å². The van der Waals surface area contributed by atoms with E-state index in [0.29, 0.717) is 33.1 Å². The number of halogens is 4. The van der Waals surface area contributed by atoms with Gasteiger partial charge in [0, 0.05) is 23.5 Å². The Morgan fingerprint density at radius 3 is 2.33 bits per heavy atom. The van der Waals surface area contributed by atoms with Crippen LogP contribution in [0.4, 0.5) is 29.1 Å². The predicted octanol–water partition coefficient (Wildman–Crippen LogP) is 6.13. The van der Waals surface area contributed by atoms with Crippen LogP contribution in [0.5, 0.6) is 0 Å². The lowest BCUT2D eigenvalue weighted by Crippen LogP contribution is -2.38. The van der Waals surface area contributed by atoms with Gasteiger partial charge in [-0.15, -0.1) is 0 Å². The van der Waals surface area contributed by atoms with Crippen molar-refractivity contribution in [3.05, 3.63) is 96.6 Å². The molecule has 0 N–H and O–H groups in total. The molecule has 0 fully saturated rings. The summed E-state index contributed by atoms with van der Waals surface area (Å²) in [6, 6.07) is 18.1. The van der Waals surface area contributed by atoms with E-state index in [4.69, 9.17) is 0 Å². The molecule has 0 atom stereocenters. The lowest BCUT2D eigenvalue weighted by Gasteiger charge is -2.23. The van der Waals surface area contributed by atoms with Gasteiger partial charge in [-0.1, -0.05) is 17.7 Å². The molecule has 0 spiro atoms. The first-order valence-electron chi connectivity index (χ1n) is 10.8. The molecule has 0 bridgehead atoms. The van der Waals surface area contributed by atoms with Crippen LogP contribution in [0.3, 0.4) is 0 Å². The van der Waals surface area contributed by atoms with Crippen LogP contribution in [0.15, 0.2) is 85.2 Å². The Labute approximate surface area is 202 Å². The third-order valence-electron chi connectivity index (χ3n) is 5.50. The van der Waals surface area contributed by atoms with Crippen LogP contribution in [0.2, 0.25) is 0 Å². The van der Waals surface area contributed by atoms with Gasteiger partial charge in [0.2, 0.25) is 0 Å². The molecule has 1 amide bonds. The molecule has 180 valence electrons. The van der Waals surface area contributed by atoms with Gasteiger partial charge in [0.1, 0.15) is 17.3 Å². The number of amides is 1. The first-order chi connectivity index (χ1) is 17.2. The van der Waals surface area contributed by atoms with Crippen molar-refractivity contribution in [2.45, 2.75) is 13.1 Å². The van der Waals surface area contributed by atoms with Crippen LogP contribution in [0, 0.1) is 12.7 Å². The number of carbonyl (C=O) groups excluding carboxylic acids is 1. The van der Waals surface area contributed by atoms with E-state index < -0.39 is 17.9 Å². The standard InChI is InChI=1S/C26H17F4N5O/c1-16-4-10-20(11-5-16)34(25(36)26(28,29)30)22-15-18(12-14-31-22)24-23(17-6-8-19(27)9-7-17)33-21-3-2-13-32-35(21)24/h2-15H,1H3. The second kappa shape index (κ2) is 8.88. The van der Waals surface area contributed by atoms with E-state index in [-0.39, 0.29) is 11.5 Å². The van der Waals surface area contributed by atoms with E-state index in [1.54, 1.807) is 55.6 Å². The Hall–Kier alpha value is -4.60. The molecule has 5 rings (SSSR count). The number of alkyl halides is 3. The molecule has 0 unspecified atom stereocenters. The fourth-order valence-corrected chi connectivity index (χ4v) is 3.82. The predicted molar refractivity (Wildman–Crippen MR) is 126 cm³/mol. The fraction of sp³-hybridized carbons (Fsp3) is 0.0769. The van der Waals surface area contributed by atoms with Gasteiger partial charge in [0.05, 0.1) is 11.4 Å². The van der Waals surface area contributed by atoms with Crippen molar-refractivity contribution in [1.82, 2.24) is 19.6 Å². The summed E-state index contributed by atoms with van der Waals surface area (Å²) in [5.74, 6) is -2.73. The minimum absolute atomic E-state index is 0.0163. The molecule has 0 aliphatic carbocycles. The third kappa shape index (κ3) is 4.28. The van der Waals surface area contributed by atoms with Crippen molar-refractivity contribution >= 4 is 23.1 Å². The molecular formula is C26H17F4N5O. The number of anilines is 2. The topological polar surface area (TPSA) is 63.4 Å². The minimum atomic E-state index is -5.13. The van der Waals surface area contributed by atoms with Crippen molar-refractivity contribution in [3.8, 4) is 22.5 Å². The molecule has 5 aromatic rings. The number of rotatable bonds is 4. The molecule has 0 aliphatic heterocycles. The lowest BCUT2D eigenvalue weighted by atomic mass is 10.1. The Balaban J connectivity index is 1.71. The summed E-state index contributed by atoms with van der Waals surface area (Å²) in [5.41, 5.74) is 3.20. The van der Waals surface area contributed by atoms with Crippen molar-refractivity contribution in [2.24, 2.45) is 0 Å². The molecule has 3 heterocycles. The van der Waals surface area contributed by atoms with Gasteiger partial charge in [0.25, 0.3) is 0 Å². The molecule has 10 heteroatoms. The highest BCUT2D eigenvalue weighted by atomic mass is 19.4. The molecule has 3 aromatic heterocycles. The maximum atomic E-state index is 13.6. The van der Waals surface area contributed by atoms with Crippen LogP contribution in [0.1, 0.15) is 5.56 Å². The van der Waals surface area contributed by atoms with Gasteiger partial charge < -0.3 is 0 Å². The first kappa shape index (κ1) is 23.2. The maximum Gasteiger partial charge on any atom is 0.472 e. The van der Waals surface area contributed by atoms with Crippen LogP contribution in [-0.2, 0) is 4.79 Å². The minimum Gasteiger partial charge on any atom is -0.263 e. The number of hydrogen-bond acceptors (Lipinski definition) is 4. The van der Waals surface area contributed by atoms with Gasteiger partial charge in [-0.3, -0.25) is 9.69 Å². The van der Waals surface area contributed by atoms with Crippen LogP contribution in [0.25, 0.3) is 28.2 Å². The highest BCUT2D eigenvalue weighted by Crippen LogP contribution is 2.36. The van der Waals surface area contributed by atoms with Crippen molar-refractivity contribution in [3.63, 3.8) is 0 Å². The van der Waals surface area contributed by atoms with Crippen molar-refractivity contribution in [2.75, 3.05) is 4.90 Å². The number of carbonyl (C=O) groups is 1. The zero-order valence-corrected chi connectivity index (χ0v) is 18.7. The smallest absolute Gasteiger partial charge is 0.263 e. The molecule has 0 saturated heterocycles. The zero-order chi connectivity index (χ0) is 25.4. The maximum absolute atomic E-state index is 13.6. The second-order valence-corrected chi connectivity index (χ2v) is 7.99. The first-order valence-corrected chi connectivity index (χ1v) is 10.8. The lowest BCUT2D eigenvalue weighted by molar-refractivity contribution is -0.169. The van der Waals surface area contributed by atoms with Gasteiger partial charge in [-0.2, -0.15) is 18.3 Å². The monoisotopic (exact) mass is 491 g/mol. The van der Waals surface area contributed by atoms with Crippen molar-refractivity contribution in [1.29, 1.82) is 0 Å². The van der Waals surface area contributed by atoms with E-state index >= 15 is 0 Å². The molecule has 0 saturated carbocycles. The summed E-state index contributed by atoms with van der Waals surface area (Å²) in [4.78, 5) is 21.7. The normalized spacial score (nSPS) is 11.6. The van der Waals surface area contributed by atoms with E-state index in [9.17, 15) is 22.4 Å². The van der Waals surface area contributed by atoms with Gasteiger partial charge in [-0.25, -0.2) is 18.9 Å². The zero-order valence-electron chi connectivity index (χ0n) is 18.7. The SMILES string of the molecule is Cc1ccc(N(C(=O)C(F)(F)F)c2cc(-c3c(-c4ccc(F)cc4)nc4cccnn34)ccn2)cc1. The van der Waals surface area contributed by atoms with Gasteiger partial charge in [-0.05, 0) is 67.6 Å². The molecule has 0 radical (unpaired) electrons. The summed E-state index contributed by atoms with van der Waals surface area (Å²) < 4.78 is 55.8. The Bertz CT molecular complexity index is 1560. The summed E-state index contributed by atoms with van der Waals surface area (Å²) in [5, 5.41) is 4.34. The number of fused-ring (bicyclic) bond motifs is 1. The number of aromatic nitrogens is 4. The summed E-state index contributed by atoms with van der Waals surface area (Å²) in [6.45, 7) is 1.79. The summed E-state index contributed by atoms with van der Waals surface area (Å²) in [6.07, 6.45) is -2.28. The summed E-state index contributed by atoms with van der Waals surface area (Å²) in [7, 11) is 0. The molecule has 0 aliphatic rings. The number of aryl methyl sites for hydroxylation is 1. The van der Waals surface area contributed by atoms with Crippen LogP contribution >= 0.6 is 0 Å². The van der Waals surface area contributed by atoms with Crippen LogP contribution < -0.4 is 4.90 Å². The number of hydrogen-bond donors (Lipinski definition) is 0. The average Bonchev–Trinajstić information content (AvgIpc) is 3.25. The molecule has 36 heavy (non-hydrogen) atoms. The third-order valence-corrected chi connectivity index (χ3v) is 5.50. The molecular weight excluding hydrogens is 474 g/mol. The average molecular weight is 491 g/mol. The quantitative estimate of drug-likeness (QED) is 0.284. The number of imidazole rings is 1. The molecule has 2 aromatic carbocycles. The highest BCUT2D eigenvalue weighted by molar-refractivity contribution is 6.03. The fourth-order valence-electron chi connectivity index (χ4n) is 3.82. The second-order valence-electron chi connectivity index (χ2n) is 7.99. The highest BCUT2D eigenvalue weighted by Gasteiger charge is 2.44. The Kier molecular flexibility index (Phi) is 5.71. The van der Waals surface area contributed by atoms with Gasteiger partial charge >= 0.3 is 12.1 Å². The van der Waals surface area contributed by atoms with E-state index in [1.807, 2.05) is 0 Å². The van der Waals surface area contributed by atoms with Crippen LogP contribution in [-0.4, -0.2) is 31.7 Å². The Morgan fingerprint density at radius 2 is 1.64 bits per heavy atom. The van der Waals surface area contributed by atoms with Gasteiger partial charge in [0.15, 0.2) is 5.65 Å². The largest absolute Gasteiger partial charge is 0.472 e. The molecule has 6 nitrogen and oxygen atoms in total.